The van der Waals surface area contributed by atoms with Gasteiger partial charge in [-0.3, -0.25) is 0 Å². The van der Waals surface area contributed by atoms with Gasteiger partial charge in [0.2, 0.25) is 0 Å². The Hall–Kier alpha value is -2.73. The van der Waals surface area contributed by atoms with Crippen LogP contribution in [0.15, 0.2) is 55.0 Å². The van der Waals surface area contributed by atoms with Crippen LogP contribution in [0.5, 0.6) is 0 Å². The number of piperidine rings is 1. The summed E-state index contributed by atoms with van der Waals surface area (Å²) in [5.74, 6) is 1.00. The summed E-state index contributed by atoms with van der Waals surface area (Å²) in [7, 11) is 0. The van der Waals surface area contributed by atoms with Gasteiger partial charge in [0.05, 0.1) is 12.1 Å². The number of fused-ring (bicyclic) bond motifs is 2. The molecule has 6 heteroatoms. The largest absolute Gasteiger partial charge is 0.390 e. The highest BCUT2D eigenvalue weighted by Gasteiger charge is 2.53. The Morgan fingerprint density at radius 1 is 1.07 bits per heavy atom. The van der Waals surface area contributed by atoms with E-state index in [0.29, 0.717) is 18.9 Å². The second-order valence-electron chi connectivity index (χ2n) is 7.81. The summed E-state index contributed by atoms with van der Waals surface area (Å²) in [6.45, 7) is 3.29. The molecule has 144 valence electrons. The average Bonchev–Trinajstić information content (AvgIpc) is 3.23. The first-order valence-corrected chi connectivity index (χ1v) is 9.74. The zero-order valence-electron chi connectivity index (χ0n) is 15.8. The SMILES string of the molecule is Cc1nccn1[C@H]1c2ccccc2C2(CCN(c3ncccc3F)CC2)[C@@H]1O. The van der Waals surface area contributed by atoms with Crippen LogP contribution in [0.1, 0.15) is 35.8 Å². The zero-order valence-corrected chi connectivity index (χ0v) is 15.8. The summed E-state index contributed by atoms with van der Waals surface area (Å²) >= 11 is 0. The molecule has 2 aliphatic rings. The number of pyridine rings is 1. The third kappa shape index (κ3) is 2.41. The smallest absolute Gasteiger partial charge is 0.165 e. The molecule has 3 heterocycles. The van der Waals surface area contributed by atoms with Crippen molar-refractivity contribution in [2.45, 2.75) is 37.3 Å². The Kier molecular flexibility index (Phi) is 3.98. The van der Waals surface area contributed by atoms with Gasteiger partial charge >= 0.3 is 0 Å². The molecule has 1 spiro atoms. The number of aromatic nitrogens is 3. The third-order valence-electron chi connectivity index (χ3n) is 6.54. The fourth-order valence-corrected chi connectivity index (χ4v) is 5.12. The van der Waals surface area contributed by atoms with Crippen LogP contribution in [0, 0.1) is 12.7 Å². The number of benzene rings is 1. The van der Waals surface area contributed by atoms with E-state index in [-0.39, 0.29) is 17.3 Å². The van der Waals surface area contributed by atoms with Crippen LogP contribution >= 0.6 is 0 Å². The fourth-order valence-electron chi connectivity index (χ4n) is 5.12. The molecule has 0 unspecified atom stereocenters. The zero-order chi connectivity index (χ0) is 19.3. The van der Waals surface area contributed by atoms with E-state index in [1.165, 1.54) is 11.6 Å². The Labute approximate surface area is 163 Å². The molecule has 5 nitrogen and oxygen atoms in total. The highest BCUT2D eigenvalue weighted by atomic mass is 19.1. The lowest BCUT2D eigenvalue weighted by Crippen LogP contribution is -2.49. The summed E-state index contributed by atoms with van der Waals surface area (Å²) in [5, 5.41) is 11.5. The molecule has 3 aromatic rings. The van der Waals surface area contributed by atoms with Gasteiger partial charge in [0, 0.05) is 37.1 Å². The minimum absolute atomic E-state index is 0.142. The molecule has 0 saturated carbocycles. The second-order valence-corrected chi connectivity index (χ2v) is 7.81. The van der Waals surface area contributed by atoms with Gasteiger partial charge in [-0.2, -0.15) is 0 Å². The maximum absolute atomic E-state index is 14.2. The van der Waals surface area contributed by atoms with E-state index in [1.807, 2.05) is 30.2 Å². The number of rotatable bonds is 2. The molecule has 1 aliphatic heterocycles. The summed E-state index contributed by atoms with van der Waals surface area (Å²) < 4.78 is 16.3. The van der Waals surface area contributed by atoms with Crippen LogP contribution in [0.25, 0.3) is 0 Å². The van der Waals surface area contributed by atoms with Crippen LogP contribution < -0.4 is 4.90 Å². The van der Waals surface area contributed by atoms with Crippen LogP contribution in [0.4, 0.5) is 10.2 Å². The molecule has 1 saturated heterocycles. The number of nitrogens with zero attached hydrogens (tertiary/aromatic N) is 4. The van der Waals surface area contributed by atoms with Crippen molar-refractivity contribution in [2.24, 2.45) is 0 Å². The molecule has 28 heavy (non-hydrogen) atoms. The van der Waals surface area contributed by atoms with E-state index in [9.17, 15) is 9.50 Å². The number of hydrogen-bond donors (Lipinski definition) is 1. The summed E-state index contributed by atoms with van der Waals surface area (Å²) in [5.41, 5.74) is 2.04. The summed E-state index contributed by atoms with van der Waals surface area (Å²) in [4.78, 5) is 10.6. The van der Waals surface area contributed by atoms with Crippen LogP contribution in [0.2, 0.25) is 0 Å². The lowest BCUT2D eigenvalue weighted by Gasteiger charge is -2.43. The van der Waals surface area contributed by atoms with Crippen molar-refractivity contribution in [3.8, 4) is 0 Å². The molecule has 5 rings (SSSR count). The van der Waals surface area contributed by atoms with Crippen LogP contribution in [-0.4, -0.2) is 38.8 Å². The van der Waals surface area contributed by atoms with Gasteiger partial charge in [0.25, 0.3) is 0 Å². The topological polar surface area (TPSA) is 54.2 Å². The Morgan fingerprint density at radius 2 is 1.86 bits per heavy atom. The van der Waals surface area contributed by atoms with Crippen molar-refractivity contribution < 1.29 is 9.50 Å². The molecule has 1 N–H and O–H groups in total. The minimum Gasteiger partial charge on any atom is -0.390 e. The number of hydrogen-bond acceptors (Lipinski definition) is 4. The van der Waals surface area contributed by atoms with E-state index < -0.39 is 6.10 Å². The Bertz CT molecular complexity index is 1010. The predicted octanol–water partition coefficient (Wildman–Crippen LogP) is 3.23. The molecule has 0 radical (unpaired) electrons. The van der Waals surface area contributed by atoms with Crippen molar-refractivity contribution in [1.82, 2.24) is 14.5 Å². The van der Waals surface area contributed by atoms with Gasteiger partial charge in [-0.25, -0.2) is 14.4 Å². The van der Waals surface area contributed by atoms with E-state index in [2.05, 4.69) is 26.7 Å². The summed E-state index contributed by atoms with van der Waals surface area (Å²) in [6.07, 6.45) is 6.31. The number of aliphatic hydroxyl groups excluding tert-OH is 1. The van der Waals surface area contributed by atoms with Crippen molar-refractivity contribution in [2.75, 3.05) is 18.0 Å². The maximum atomic E-state index is 14.2. The number of imidazole rings is 1. The quantitative estimate of drug-likeness (QED) is 0.744. The number of aryl methyl sites for hydroxylation is 1. The van der Waals surface area contributed by atoms with Gasteiger partial charge < -0.3 is 14.6 Å². The monoisotopic (exact) mass is 378 g/mol. The van der Waals surface area contributed by atoms with Gasteiger partial charge in [0.1, 0.15) is 5.82 Å². The Balaban J connectivity index is 1.51. The first-order valence-electron chi connectivity index (χ1n) is 9.74. The van der Waals surface area contributed by atoms with Gasteiger partial charge in [-0.05, 0) is 43.0 Å². The second kappa shape index (κ2) is 6.41. The van der Waals surface area contributed by atoms with Gasteiger partial charge in [0.15, 0.2) is 11.6 Å². The normalized spacial score (nSPS) is 23.2. The first kappa shape index (κ1) is 17.4. The molecular weight excluding hydrogens is 355 g/mol. The number of aliphatic hydroxyl groups is 1. The molecule has 2 aromatic heterocycles. The average molecular weight is 378 g/mol. The van der Waals surface area contributed by atoms with E-state index in [0.717, 1.165) is 24.2 Å². The van der Waals surface area contributed by atoms with Crippen molar-refractivity contribution >= 4 is 5.82 Å². The highest BCUT2D eigenvalue weighted by Crippen LogP contribution is 2.52. The van der Waals surface area contributed by atoms with E-state index in [4.69, 9.17) is 0 Å². The highest BCUT2D eigenvalue weighted by molar-refractivity contribution is 5.48. The van der Waals surface area contributed by atoms with Crippen LogP contribution in [-0.2, 0) is 5.41 Å². The lowest BCUT2D eigenvalue weighted by molar-refractivity contribution is 0.0486. The Morgan fingerprint density at radius 3 is 2.57 bits per heavy atom. The molecule has 1 aromatic carbocycles. The third-order valence-corrected chi connectivity index (χ3v) is 6.54. The molecule has 1 fully saturated rings. The molecule has 2 atom stereocenters. The predicted molar refractivity (Wildman–Crippen MR) is 105 cm³/mol. The molecule has 0 amide bonds. The van der Waals surface area contributed by atoms with Crippen molar-refractivity contribution in [1.29, 1.82) is 0 Å². The van der Waals surface area contributed by atoms with E-state index in [1.54, 1.807) is 18.5 Å². The van der Waals surface area contributed by atoms with Gasteiger partial charge in [-0.15, -0.1) is 0 Å². The number of anilines is 1. The molecule has 1 aliphatic carbocycles. The standard InChI is InChI=1S/C22H23FN4O/c1-15-24-11-14-27(15)19-16-5-2-3-6-17(16)22(20(19)28)8-12-26(13-9-22)21-18(23)7-4-10-25-21/h2-7,10-11,14,19-20,28H,8-9,12-13H2,1H3/t19-,20+/m0/s1. The molecular formula is C22H23FN4O. The van der Waals surface area contributed by atoms with Crippen molar-refractivity contribution in [3.63, 3.8) is 0 Å². The first-order chi connectivity index (χ1) is 13.6. The maximum Gasteiger partial charge on any atom is 0.165 e. The van der Waals surface area contributed by atoms with Crippen LogP contribution in [0.3, 0.4) is 0 Å². The molecule has 0 bridgehead atoms. The van der Waals surface area contributed by atoms with E-state index >= 15 is 0 Å². The fraction of sp³-hybridized carbons (Fsp3) is 0.364. The number of halogens is 1. The summed E-state index contributed by atoms with van der Waals surface area (Å²) in [6, 6.07) is 11.2. The van der Waals surface area contributed by atoms with Crippen molar-refractivity contribution in [3.05, 3.63) is 77.8 Å². The lowest BCUT2D eigenvalue weighted by atomic mass is 9.72. The minimum atomic E-state index is -0.548. The van der Waals surface area contributed by atoms with Gasteiger partial charge in [-0.1, -0.05) is 24.3 Å².